The van der Waals surface area contributed by atoms with Crippen molar-refractivity contribution in [2.24, 2.45) is 0 Å². The molecule has 0 bridgehead atoms. The Balaban J connectivity index is 2.20. The molecule has 0 aliphatic heterocycles. The van der Waals surface area contributed by atoms with E-state index < -0.39 is 11.7 Å². The van der Waals surface area contributed by atoms with Crippen LogP contribution in [0.3, 0.4) is 0 Å². The van der Waals surface area contributed by atoms with Crippen LogP contribution in [0, 0.1) is 0 Å². The SMILES string of the molecule is O=Cc1ccc(Nc2cccc(C(F)(F)F)c2)cn1. The van der Waals surface area contributed by atoms with Gasteiger partial charge in [-0.1, -0.05) is 6.07 Å². The minimum atomic E-state index is -4.38. The Hall–Kier alpha value is -2.37. The summed E-state index contributed by atoms with van der Waals surface area (Å²) in [5.74, 6) is 0. The number of benzene rings is 1. The third-order valence-electron chi connectivity index (χ3n) is 2.39. The van der Waals surface area contributed by atoms with E-state index in [4.69, 9.17) is 0 Å². The third kappa shape index (κ3) is 3.31. The van der Waals surface area contributed by atoms with Crippen molar-refractivity contribution >= 4 is 17.7 Å². The van der Waals surface area contributed by atoms with Crippen molar-refractivity contribution in [3.63, 3.8) is 0 Å². The lowest BCUT2D eigenvalue weighted by Crippen LogP contribution is -2.05. The number of hydrogen-bond donors (Lipinski definition) is 1. The molecule has 0 saturated heterocycles. The van der Waals surface area contributed by atoms with Gasteiger partial charge in [0.25, 0.3) is 0 Å². The number of alkyl halides is 3. The fourth-order valence-electron chi connectivity index (χ4n) is 1.49. The quantitative estimate of drug-likeness (QED) is 0.862. The highest BCUT2D eigenvalue weighted by molar-refractivity contribution is 5.72. The fourth-order valence-corrected chi connectivity index (χ4v) is 1.49. The average Bonchev–Trinajstić information content (AvgIpc) is 2.39. The molecule has 98 valence electrons. The van der Waals surface area contributed by atoms with Gasteiger partial charge in [0.1, 0.15) is 5.69 Å². The van der Waals surface area contributed by atoms with Crippen molar-refractivity contribution < 1.29 is 18.0 Å². The van der Waals surface area contributed by atoms with Gasteiger partial charge in [0.2, 0.25) is 0 Å². The largest absolute Gasteiger partial charge is 0.416 e. The summed E-state index contributed by atoms with van der Waals surface area (Å²) >= 11 is 0. The van der Waals surface area contributed by atoms with E-state index in [1.165, 1.54) is 24.4 Å². The molecule has 1 aromatic carbocycles. The molecule has 0 atom stereocenters. The predicted octanol–water partition coefficient (Wildman–Crippen LogP) is 3.66. The van der Waals surface area contributed by atoms with Gasteiger partial charge < -0.3 is 5.32 Å². The number of nitrogens with zero attached hydrogens (tertiary/aromatic N) is 1. The van der Waals surface area contributed by atoms with E-state index >= 15 is 0 Å². The zero-order chi connectivity index (χ0) is 13.9. The summed E-state index contributed by atoms with van der Waals surface area (Å²) in [6.07, 6.45) is -2.41. The van der Waals surface area contributed by atoms with E-state index in [2.05, 4.69) is 10.3 Å². The Morgan fingerprint density at radius 1 is 1.11 bits per heavy atom. The van der Waals surface area contributed by atoms with Gasteiger partial charge in [-0.15, -0.1) is 0 Å². The lowest BCUT2D eigenvalue weighted by molar-refractivity contribution is -0.137. The molecular weight excluding hydrogens is 257 g/mol. The molecule has 1 aromatic heterocycles. The second-order valence-corrected chi connectivity index (χ2v) is 3.79. The number of carbonyl (C=O) groups excluding carboxylic acids is 1. The van der Waals surface area contributed by atoms with Crippen molar-refractivity contribution in [1.82, 2.24) is 4.98 Å². The van der Waals surface area contributed by atoms with Gasteiger partial charge in [-0.25, -0.2) is 0 Å². The molecule has 0 aliphatic carbocycles. The van der Waals surface area contributed by atoms with Crippen molar-refractivity contribution in [1.29, 1.82) is 0 Å². The summed E-state index contributed by atoms with van der Waals surface area (Å²) in [5, 5.41) is 2.79. The topological polar surface area (TPSA) is 42.0 Å². The van der Waals surface area contributed by atoms with Gasteiger partial charge >= 0.3 is 6.18 Å². The second-order valence-electron chi connectivity index (χ2n) is 3.79. The first-order valence-corrected chi connectivity index (χ1v) is 5.34. The molecular formula is C13H9F3N2O. The standard InChI is InChI=1S/C13H9F3N2O/c14-13(15,16)9-2-1-3-10(6-9)18-11-4-5-12(8-19)17-7-11/h1-8,18H. The second kappa shape index (κ2) is 5.09. The molecule has 0 unspecified atom stereocenters. The van der Waals surface area contributed by atoms with Gasteiger partial charge in [-0.3, -0.25) is 9.78 Å². The lowest BCUT2D eigenvalue weighted by Gasteiger charge is -2.10. The molecule has 1 heterocycles. The highest BCUT2D eigenvalue weighted by Crippen LogP contribution is 2.31. The van der Waals surface area contributed by atoms with Crippen LogP contribution >= 0.6 is 0 Å². The number of rotatable bonds is 3. The van der Waals surface area contributed by atoms with Crippen LogP contribution in [0.4, 0.5) is 24.5 Å². The van der Waals surface area contributed by atoms with Crippen LogP contribution in [-0.2, 0) is 6.18 Å². The molecule has 0 aliphatic rings. The van der Waals surface area contributed by atoms with Crippen LogP contribution in [0.15, 0.2) is 42.6 Å². The number of hydrogen-bond acceptors (Lipinski definition) is 3. The number of aldehydes is 1. The Kier molecular flexibility index (Phi) is 3.50. The summed E-state index contributed by atoms with van der Waals surface area (Å²) < 4.78 is 37.6. The van der Waals surface area contributed by atoms with E-state index in [9.17, 15) is 18.0 Å². The van der Waals surface area contributed by atoms with Gasteiger partial charge in [0, 0.05) is 5.69 Å². The number of carbonyl (C=O) groups is 1. The first-order chi connectivity index (χ1) is 8.99. The van der Waals surface area contributed by atoms with E-state index in [1.807, 2.05) is 0 Å². The van der Waals surface area contributed by atoms with Crippen LogP contribution in [-0.4, -0.2) is 11.3 Å². The predicted molar refractivity (Wildman–Crippen MR) is 64.4 cm³/mol. The molecule has 0 amide bonds. The van der Waals surface area contributed by atoms with Crippen molar-refractivity contribution in [3.8, 4) is 0 Å². The Labute approximate surface area is 107 Å². The maximum atomic E-state index is 12.5. The van der Waals surface area contributed by atoms with Gasteiger partial charge in [-0.2, -0.15) is 13.2 Å². The van der Waals surface area contributed by atoms with E-state index in [0.717, 1.165) is 12.1 Å². The molecule has 19 heavy (non-hydrogen) atoms. The number of pyridine rings is 1. The lowest BCUT2D eigenvalue weighted by atomic mass is 10.2. The molecule has 0 fully saturated rings. The Morgan fingerprint density at radius 2 is 1.89 bits per heavy atom. The van der Waals surface area contributed by atoms with Gasteiger partial charge in [0.05, 0.1) is 17.4 Å². The molecule has 1 N–H and O–H groups in total. The highest BCUT2D eigenvalue weighted by Gasteiger charge is 2.30. The minimum absolute atomic E-state index is 0.259. The van der Waals surface area contributed by atoms with E-state index in [1.54, 1.807) is 6.07 Å². The smallest absolute Gasteiger partial charge is 0.354 e. The fraction of sp³-hybridized carbons (Fsp3) is 0.0769. The third-order valence-corrected chi connectivity index (χ3v) is 2.39. The summed E-state index contributed by atoms with van der Waals surface area (Å²) in [4.78, 5) is 14.2. The van der Waals surface area contributed by atoms with Crippen LogP contribution in [0.1, 0.15) is 16.1 Å². The zero-order valence-electron chi connectivity index (χ0n) is 9.61. The van der Waals surface area contributed by atoms with Crippen LogP contribution in [0.25, 0.3) is 0 Å². The normalized spacial score (nSPS) is 11.1. The first kappa shape index (κ1) is 13.1. The van der Waals surface area contributed by atoms with Crippen molar-refractivity contribution in [3.05, 3.63) is 53.9 Å². The Morgan fingerprint density at radius 3 is 2.47 bits per heavy atom. The van der Waals surface area contributed by atoms with E-state index in [-0.39, 0.29) is 5.69 Å². The molecule has 0 saturated carbocycles. The maximum absolute atomic E-state index is 12.5. The molecule has 0 radical (unpaired) electrons. The summed E-state index contributed by atoms with van der Waals surface area (Å²) in [6.45, 7) is 0. The number of nitrogens with one attached hydrogen (secondary N) is 1. The van der Waals surface area contributed by atoms with E-state index in [0.29, 0.717) is 17.7 Å². The van der Waals surface area contributed by atoms with Crippen molar-refractivity contribution in [2.75, 3.05) is 5.32 Å². The molecule has 6 heteroatoms. The minimum Gasteiger partial charge on any atom is -0.354 e. The number of aromatic nitrogens is 1. The molecule has 0 spiro atoms. The highest BCUT2D eigenvalue weighted by atomic mass is 19.4. The average molecular weight is 266 g/mol. The van der Waals surface area contributed by atoms with Crippen molar-refractivity contribution in [2.45, 2.75) is 6.18 Å². The molecule has 2 rings (SSSR count). The summed E-state index contributed by atoms with van der Waals surface area (Å²) in [5.41, 5.74) is 0.338. The zero-order valence-corrected chi connectivity index (χ0v) is 9.61. The van der Waals surface area contributed by atoms with Gasteiger partial charge in [0.15, 0.2) is 6.29 Å². The first-order valence-electron chi connectivity index (χ1n) is 5.34. The van der Waals surface area contributed by atoms with Crippen LogP contribution < -0.4 is 5.32 Å². The summed E-state index contributed by atoms with van der Waals surface area (Å²) in [6, 6.07) is 7.88. The number of anilines is 2. The number of halogens is 3. The molecule has 2 aromatic rings. The van der Waals surface area contributed by atoms with Crippen LogP contribution in [0.2, 0.25) is 0 Å². The Bertz CT molecular complexity index is 579. The molecule has 3 nitrogen and oxygen atoms in total. The van der Waals surface area contributed by atoms with Crippen LogP contribution in [0.5, 0.6) is 0 Å². The summed E-state index contributed by atoms with van der Waals surface area (Å²) in [7, 11) is 0. The maximum Gasteiger partial charge on any atom is 0.416 e. The monoisotopic (exact) mass is 266 g/mol. The van der Waals surface area contributed by atoms with Gasteiger partial charge in [-0.05, 0) is 30.3 Å².